The van der Waals surface area contributed by atoms with Gasteiger partial charge in [0.15, 0.2) is 0 Å². The molecule has 0 aliphatic carbocycles. The minimum Gasteiger partial charge on any atom is -0.457 e. The molecule has 0 spiro atoms. The normalized spacial score (nSPS) is 11.1. The van der Waals surface area contributed by atoms with Crippen molar-refractivity contribution in [3.63, 3.8) is 0 Å². The minimum absolute atomic E-state index is 0.0798. The Kier molecular flexibility index (Phi) is 6.21. The van der Waals surface area contributed by atoms with E-state index in [1.54, 1.807) is 6.07 Å². The molecular formula is C19H22ClFN2O. The Labute approximate surface area is 147 Å². The van der Waals surface area contributed by atoms with Crippen LogP contribution in [0, 0.1) is 19.7 Å². The van der Waals surface area contributed by atoms with Crippen molar-refractivity contribution in [2.75, 3.05) is 13.6 Å². The monoisotopic (exact) mass is 348 g/mol. The van der Waals surface area contributed by atoms with Gasteiger partial charge in [-0.25, -0.2) is 9.38 Å². The predicted octanol–water partition coefficient (Wildman–Crippen LogP) is 5.89. The molecule has 0 amide bonds. The van der Waals surface area contributed by atoms with Crippen molar-refractivity contribution in [3.05, 3.63) is 52.3 Å². The lowest BCUT2D eigenvalue weighted by Gasteiger charge is -2.13. The second-order valence-electron chi connectivity index (χ2n) is 5.81. The SMILES string of the molecule is CCCN(C)C=Nc1cc(C)c(Oc2ccc(Cl)c(F)c2)cc1C. The van der Waals surface area contributed by atoms with Gasteiger partial charge in [-0.15, -0.1) is 0 Å². The molecule has 5 heteroatoms. The van der Waals surface area contributed by atoms with Gasteiger partial charge in [-0.1, -0.05) is 18.5 Å². The highest BCUT2D eigenvalue weighted by molar-refractivity contribution is 6.30. The topological polar surface area (TPSA) is 24.8 Å². The lowest BCUT2D eigenvalue weighted by molar-refractivity contribution is 0.473. The number of ether oxygens (including phenoxy) is 1. The van der Waals surface area contributed by atoms with E-state index in [0.717, 1.165) is 29.8 Å². The third-order valence-electron chi connectivity index (χ3n) is 3.58. The second-order valence-corrected chi connectivity index (χ2v) is 6.21. The van der Waals surface area contributed by atoms with E-state index in [9.17, 15) is 4.39 Å². The zero-order valence-corrected chi connectivity index (χ0v) is 15.2. The summed E-state index contributed by atoms with van der Waals surface area (Å²) in [6.07, 6.45) is 2.91. The molecule has 0 atom stereocenters. The summed E-state index contributed by atoms with van der Waals surface area (Å²) in [5, 5.41) is 0.0798. The van der Waals surface area contributed by atoms with Crippen molar-refractivity contribution in [2.24, 2.45) is 4.99 Å². The number of halogens is 2. The van der Waals surface area contributed by atoms with Crippen LogP contribution in [0.15, 0.2) is 35.3 Å². The maximum absolute atomic E-state index is 13.5. The zero-order chi connectivity index (χ0) is 17.7. The first kappa shape index (κ1) is 18.3. The number of aliphatic imine (C=N–C) groups is 1. The van der Waals surface area contributed by atoms with E-state index in [1.165, 1.54) is 12.1 Å². The molecule has 0 aliphatic heterocycles. The molecule has 0 saturated carbocycles. The number of rotatable bonds is 6. The molecular weight excluding hydrogens is 327 g/mol. The van der Waals surface area contributed by atoms with Gasteiger partial charge in [0.05, 0.1) is 17.0 Å². The first-order chi connectivity index (χ1) is 11.4. The van der Waals surface area contributed by atoms with Gasteiger partial charge in [-0.2, -0.15) is 0 Å². The minimum atomic E-state index is -0.497. The lowest BCUT2D eigenvalue weighted by atomic mass is 10.1. The lowest BCUT2D eigenvalue weighted by Crippen LogP contribution is -2.16. The third-order valence-corrected chi connectivity index (χ3v) is 3.89. The van der Waals surface area contributed by atoms with Crippen LogP contribution in [0.5, 0.6) is 11.5 Å². The molecule has 0 aliphatic rings. The van der Waals surface area contributed by atoms with Crippen molar-refractivity contribution in [2.45, 2.75) is 27.2 Å². The summed E-state index contributed by atoms with van der Waals surface area (Å²) >= 11 is 5.69. The Balaban J connectivity index is 2.21. The maximum atomic E-state index is 13.5. The van der Waals surface area contributed by atoms with Crippen molar-refractivity contribution < 1.29 is 9.13 Å². The molecule has 24 heavy (non-hydrogen) atoms. The molecule has 0 heterocycles. The summed E-state index contributed by atoms with van der Waals surface area (Å²) in [5.41, 5.74) is 2.82. The average molecular weight is 349 g/mol. The summed E-state index contributed by atoms with van der Waals surface area (Å²) < 4.78 is 19.3. The molecule has 0 unspecified atom stereocenters. The van der Waals surface area contributed by atoms with Crippen LogP contribution in [0.2, 0.25) is 5.02 Å². The highest BCUT2D eigenvalue weighted by atomic mass is 35.5. The van der Waals surface area contributed by atoms with Crippen molar-refractivity contribution in [3.8, 4) is 11.5 Å². The third kappa shape index (κ3) is 4.71. The van der Waals surface area contributed by atoms with Crippen LogP contribution in [-0.4, -0.2) is 24.8 Å². The van der Waals surface area contributed by atoms with Crippen LogP contribution >= 0.6 is 11.6 Å². The fourth-order valence-corrected chi connectivity index (χ4v) is 2.38. The van der Waals surface area contributed by atoms with E-state index in [4.69, 9.17) is 16.3 Å². The van der Waals surface area contributed by atoms with Gasteiger partial charge < -0.3 is 9.64 Å². The molecule has 0 bridgehead atoms. The van der Waals surface area contributed by atoms with E-state index in [-0.39, 0.29) is 5.02 Å². The van der Waals surface area contributed by atoms with Gasteiger partial charge >= 0.3 is 0 Å². The van der Waals surface area contributed by atoms with Gasteiger partial charge in [0.2, 0.25) is 0 Å². The van der Waals surface area contributed by atoms with E-state index < -0.39 is 5.82 Å². The largest absolute Gasteiger partial charge is 0.457 e. The first-order valence-corrected chi connectivity index (χ1v) is 8.27. The van der Waals surface area contributed by atoms with Crippen LogP contribution < -0.4 is 4.74 Å². The van der Waals surface area contributed by atoms with E-state index in [0.29, 0.717) is 11.5 Å². The van der Waals surface area contributed by atoms with Gasteiger partial charge in [-0.3, -0.25) is 0 Å². The van der Waals surface area contributed by atoms with Crippen molar-refractivity contribution >= 4 is 23.6 Å². The Morgan fingerprint density at radius 1 is 1.21 bits per heavy atom. The molecule has 0 N–H and O–H groups in total. The van der Waals surface area contributed by atoms with Gasteiger partial charge in [0.1, 0.15) is 17.3 Å². The highest BCUT2D eigenvalue weighted by Gasteiger charge is 2.08. The van der Waals surface area contributed by atoms with Gasteiger partial charge in [-0.05, 0) is 55.7 Å². The summed E-state index contributed by atoms with van der Waals surface area (Å²) in [5.74, 6) is 0.595. The molecule has 0 saturated heterocycles. The highest BCUT2D eigenvalue weighted by Crippen LogP contribution is 2.32. The maximum Gasteiger partial charge on any atom is 0.145 e. The smallest absolute Gasteiger partial charge is 0.145 e. The van der Waals surface area contributed by atoms with E-state index in [1.807, 2.05) is 39.4 Å². The Bertz CT molecular complexity index is 746. The van der Waals surface area contributed by atoms with Gasteiger partial charge in [0.25, 0.3) is 0 Å². The van der Waals surface area contributed by atoms with Crippen molar-refractivity contribution in [1.29, 1.82) is 0 Å². The summed E-state index contributed by atoms with van der Waals surface area (Å²) in [6.45, 7) is 7.01. The van der Waals surface area contributed by atoms with E-state index in [2.05, 4.69) is 16.8 Å². The molecule has 2 aromatic rings. The Morgan fingerprint density at radius 2 is 1.96 bits per heavy atom. The van der Waals surface area contributed by atoms with Crippen LogP contribution in [0.25, 0.3) is 0 Å². The summed E-state index contributed by atoms with van der Waals surface area (Å²) in [4.78, 5) is 6.58. The van der Waals surface area contributed by atoms with Crippen LogP contribution in [0.1, 0.15) is 24.5 Å². The summed E-state index contributed by atoms with van der Waals surface area (Å²) in [6, 6.07) is 8.28. The first-order valence-electron chi connectivity index (χ1n) is 7.89. The Hall–Kier alpha value is -2.07. The molecule has 2 rings (SSSR count). The molecule has 0 aromatic heterocycles. The number of aryl methyl sites for hydroxylation is 2. The van der Waals surface area contributed by atoms with E-state index >= 15 is 0 Å². The average Bonchev–Trinajstić information content (AvgIpc) is 2.53. The molecule has 128 valence electrons. The quantitative estimate of drug-likeness (QED) is 0.480. The molecule has 0 fully saturated rings. The molecule has 0 radical (unpaired) electrons. The van der Waals surface area contributed by atoms with Crippen LogP contribution in [-0.2, 0) is 0 Å². The number of benzene rings is 2. The molecule has 3 nitrogen and oxygen atoms in total. The number of hydrogen-bond donors (Lipinski definition) is 0. The second kappa shape index (κ2) is 8.15. The fraction of sp³-hybridized carbons (Fsp3) is 0.316. The number of nitrogens with zero attached hydrogens (tertiary/aromatic N) is 2. The zero-order valence-electron chi connectivity index (χ0n) is 14.4. The van der Waals surface area contributed by atoms with Crippen LogP contribution in [0.4, 0.5) is 10.1 Å². The van der Waals surface area contributed by atoms with Crippen LogP contribution in [0.3, 0.4) is 0 Å². The van der Waals surface area contributed by atoms with Crippen molar-refractivity contribution in [1.82, 2.24) is 4.90 Å². The summed E-state index contributed by atoms with van der Waals surface area (Å²) in [7, 11) is 2.00. The Morgan fingerprint density at radius 3 is 2.62 bits per heavy atom. The fourth-order valence-electron chi connectivity index (χ4n) is 2.26. The molecule has 2 aromatic carbocycles. The van der Waals surface area contributed by atoms with Gasteiger partial charge in [0, 0.05) is 19.7 Å². The number of hydrogen-bond acceptors (Lipinski definition) is 2. The predicted molar refractivity (Wildman–Crippen MR) is 98.5 cm³/mol. The standard InChI is InChI=1S/C19H22ClFN2O/c1-5-8-23(4)12-22-18-9-14(3)19(10-13(18)2)24-15-6-7-16(20)17(21)11-15/h6-7,9-12H,5,8H2,1-4H3.